The minimum Gasteiger partial charge on any atom is -0.497 e. The number of carbonyl (C=O) groups excluding carboxylic acids is 2. The monoisotopic (exact) mass is 646 g/mol. The summed E-state index contributed by atoms with van der Waals surface area (Å²) in [6.07, 6.45) is -0.740. The Morgan fingerprint density at radius 1 is 1.11 bits per heavy atom. The molecule has 2 fully saturated rings. The Bertz CT molecular complexity index is 1370. The zero-order chi connectivity index (χ0) is 32.6. The van der Waals surface area contributed by atoms with Crippen LogP contribution in [-0.4, -0.2) is 87.7 Å². The Kier molecular flexibility index (Phi) is 12.0. The maximum Gasteiger partial charge on any atom is 0.407 e. The zero-order valence-corrected chi connectivity index (χ0v) is 27.3. The van der Waals surface area contributed by atoms with Gasteiger partial charge in [-0.15, -0.1) is 0 Å². The maximum absolute atomic E-state index is 14.0. The molecule has 2 aromatic rings. The maximum atomic E-state index is 14.0. The number of nitrogens with one attached hydrogen (secondary N) is 1. The molecule has 5 atom stereocenters. The second kappa shape index (κ2) is 15.5. The quantitative estimate of drug-likeness (QED) is 0.278. The summed E-state index contributed by atoms with van der Waals surface area (Å²) >= 11 is 0. The number of sulfonamides is 1. The van der Waals surface area contributed by atoms with Crippen LogP contribution in [-0.2, 0) is 35.4 Å². The van der Waals surface area contributed by atoms with Crippen molar-refractivity contribution in [2.75, 3.05) is 33.4 Å². The number of carbonyl (C=O) groups is 2. The van der Waals surface area contributed by atoms with Crippen LogP contribution >= 0.6 is 0 Å². The fraction of sp³-hybridized carbons (Fsp3) is 0.576. The van der Waals surface area contributed by atoms with Gasteiger partial charge in [0.1, 0.15) is 17.6 Å². The van der Waals surface area contributed by atoms with E-state index in [-0.39, 0.29) is 49.0 Å². The minimum absolute atomic E-state index is 0.0393. The first kappa shape index (κ1) is 34.8. The lowest BCUT2D eigenvalue weighted by Gasteiger charge is -2.35. The van der Waals surface area contributed by atoms with E-state index in [4.69, 9.17) is 18.9 Å². The van der Waals surface area contributed by atoms with Gasteiger partial charge in [0, 0.05) is 25.9 Å². The van der Waals surface area contributed by atoms with Crippen molar-refractivity contribution in [3.8, 4) is 5.75 Å². The number of methoxy groups -OCH3 is 1. The van der Waals surface area contributed by atoms with Crippen LogP contribution in [0.3, 0.4) is 0 Å². The Hall–Kier alpha value is -3.03. The molecule has 2 saturated heterocycles. The van der Waals surface area contributed by atoms with E-state index in [0.717, 1.165) is 12.0 Å². The summed E-state index contributed by atoms with van der Waals surface area (Å²) in [5, 5.41) is 14.5. The smallest absolute Gasteiger partial charge is 0.407 e. The SMILES string of the molecule is CCC(=O)CCC(C)(C)CN(C[C@H](O)[C@H](Cc1ccccc1)NC(=O)O[C@H]1CO[C@H]2OCC[C@H]21)S(=O)(=O)c1ccc(OC)cc1. The molecule has 0 aromatic heterocycles. The predicted molar refractivity (Wildman–Crippen MR) is 167 cm³/mol. The average Bonchev–Trinajstić information content (AvgIpc) is 3.65. The summed E-state index contributed by atoms with van der Waals surface area (Å²) in [7, 11) is -2.61. The second-order valence-corrected chi connectivity index (χ2v) is 14.4. The first-order chi connectivity index (χ1) is 21.4. The normalized spacial score (nSPS) is 21.2. The van der Waals surface area contributed by atoms with Crippen LogP contribution < -0.4 is 10.1 Å². The van der Waals surface area contributed by atoms with Gasteiger partial charge in [0.05, 0.1) is 43.3 Å². The van der Waals surface area contributed by atoms with Gasteiger partial charge in [-0.2, -0.15) is 4.31 Å². The van der Waals surface area contributed by atoms with Gasteiger partial charge in [0.25, 0.3) is 0 Å². The van der Waals surface area contributed by atoms with Crippen LogP contribution in [0, 0.1) is 11.3 Å². The van der Waals surface area contributed by atoms with Crippen molar-refractivity contribution >= 4 is 21.9 Å². The highest BCUT2D eigenvalue weighted by molar-refractivity contribution is 7.89. The Labute approximate surface area is 266 Å². The highest BCUT2D eigenvalue weighted by atomic mass is 32.2. The van der Waals surface area contributed by atoms with Gasteiger partial charge >= 0.3 is 6.09 Å². The highest BCUT2D eigenvalue weighted by Gasteiger charge is 2.44. The van der Waals surface area contributed by atoms with Gasteiger partial charge in [-0.1, -0.05) is 51.1 Å². The van der Waals surface area contributed by atoms with E-state index in [9.17, 15) is 23.1 Å². The zero-order valence-electron chi connectivity index (χ0n) is 26.5. The summed E-state index contributed by atoms with van der Waals surface area (Å²) in [4.78, 5) is 25.3. The molecule has 12 heteroatoms. The second-order valence-electron chi connectivity index (χ2n) is 12.5. The van der Waals surface area contributed by atoms with Crippen molar-refractivity contribution in [1.82, 2.24) is 9.62 Å². The van der Waals surface area contributed by atoms with Crippen molar-refractivity contribution in [2.45, 2.75) is 82.3 Å². The third-order valence-electron chi connectivity index (χ3n) is 8.48. The molecule has 4 rings (SSSR count). The molecule has 0 radical (unpaired) electrons. The molecule has 0 aliphatic carbocycles. The number of aliphatic hydroxyl groups excluding tert-OH is 1. The molecule has 2 aliphatic rings. The van der Waals surface area contributed by atoms with E-state index in [2.05, 4.69) is 5.32 Å². The first-order valence-corrected chi connectivity index (χ1v) is 16.9. The number of aliphatic hydroxyl groups is 1. The summed E-state index contributed by atoms with van der Waals surface area (Å²) < 4.78 is 51.4. The van der Waals surface area contributed by atoms with Crippen LogP contribution in [0.4, 0.5) is 4.79 Å². The van der Waals surface area contributed by atoms with Gasteiger partial charge in [0.15, 0.2) is 6.29 Å². The summed E-state index contributed by atoms with van der Waals surface area (Å²) in [6, 6.07) is 14.5. The highest BCUT2D eigenvalue weighted by Crippen LogP contribution is 2.33. The molecular weight excluding hydrogens is 600 g/mol. The molecule has 45 heavy (non-hydrogen) atoms. The van der Waals surface area contributed by atoms with Gasteiger partial charge in [-0.3, -0.25) is 4.79 Å². The standard InChI is InChI=1S/C33H46N2O9S/c1-5-24(36)15-17-33(2,3)22-35(45(39,40)26-13-11-25(41-4)12-14-26)20-29(37)28(19-23-9-7-6-8-10-23)34-32(38)44-30-21-43-31-27(30)16-18-42-31/h6-14,27-31,37H,5,15-22H2,1-4H3,(H,34,38)/t27-,28-,29-,30-,31+/m0/s1. The van der Waals surface area contributed by atoms with Crippen molar-refractivity contribution < 1.29 is 42.1 Å². The van der Waals surface area contributed by atoms with Gasteiger partial charge in [0.2, 0.25) is 10.0 Å². The Morgan fingerprint density at radius 2 is 1.82 bits per heavy atom. The largest absolute Gasteiger partial charge is 0.497 e. The van der Waals surface area contributed by atoms with Crippen molar-refractivity contribution in [2.24, 2.45) is 11.3 Å². The van der Waals surface area contributed by atoms with Crippen molar-refractivity contribution in [3.63, 3.8) is 0 Å². The molecule has 1 amide bonds. The summed E-state index contributed by atoms with van der Waals surface area (Å²) in [5.74, 6) is 0.550. The minimum atomic E-state index is -4.10. The van der Waals surface area contributed by atoms with Crippen LogP contribution in [0.5, 0.6) is 5.75 Å². The number of hydrogen-bond acceptors (Lipinski definition) is 9. The van der Waals surface area contributed by atoms with Gasteiger partial charge in [-0.25, -0.2) is 13.2 Å². The number of ether oxygens (including phenoxy) is 4. The predicted octanol–water partition coefficient (Wildman–Crippen LogP) is 3.93. The van der Waals surface area contributed by atoms with E-state index < -0.39 is 39.8 Å². The number of amides is 1. The number of alkyl carbamates (subject to hydrolysis) is 1. The molecular formula is C33H46N2O9S. The van der Waals surface area contributed by atoms with E-state index in [0.29, 0.717) is 31.6 Å². The third kappa shape index (κ3) is 9.49. The molecule has 2 heterocycles. The molecule has 2 N–H and O–H groups in total. The summed E-state index contributed by atoms with van der Waals surface area (Å²) in [5.41, 5.74) is 0.256. The van der Waals surface area contributed by atoms with Crippen LogP contribution in [0.15, 0.2) is 59.5 Å². The third-order valence-corrected chi connectivity index (χ3v) is 10.3. The van der Waals surface area contributed by atoms with E-state index in [1.54, 1.807) is 19.1 Å². The average molecular weight is 647 g/mol. The number of Topliss-reactive ketones (excluding diaryl/α,β-unsaturated/α-hetero) is 1. The van der Waals surface area contributed by atoms with Crippen LogP contribution in [0.1, 0.15) is 52.0 Å². The van der Waals surface area contributed by atoms with Crippen molar-refractivity contribution in [3.05, 3.63) is 60.2 Å². The molecule has 0 saturated carbocycles. The number of nitrogens with zero attached hydrogens (tertiary/aromatic N) is 1. The first-order valence-electron chi connectivity index (χ1n) is 15.5. The molecule has 0 spiro atoms. The van der Waals surface area contributed by atoms with Crippen molar-refractivity contribution in [1.29, 1.82) is 0 Å². The fourth-order valence-electron chi connectivity index (χ4n) is 5.71. The van der Waals surface area contributed by atoms with Gasteiger partial charge < -0.3 is 29.4 Å². The molecule has 11 nitrogen and oxygen atoms in total. The number of rotatable bonds is 16. The van der Waals surface area contributed by atoms with Gasteiger partial charge in [-0.05, 0) is 54.5 Å². The van der Waals surface area contributed by atoms with E-state index in [1.165, 1.54) is 23.5 Å². The number of ketones is 1. The van der Waals surface area contributed by atoms with E-state index in [1.807, 2.05) is 44.2 Å². The lowest BCUT2D eigenvalue weighted by atomic mass is 9.86. The Balaban J connectivity index is 1.57. The Morgan fingerprint density at radius 3 is 2.49 bits per heavy atom. The lowest BCUT2D eigenvalue weighted by molar-refractivity contribution is -0.119. The summed E-state index contributed by atoms with van der Waals surface area (Å²) in [6.45, 7) is 6.10. The topological polar surface area (TPSA) is 141 Å². The lowest BCUT2D eigenvalue weighted by Crippen LogP contribution is -2.52. The molecule has 2 aliphatic heterocycles. The molecule has 248 valence electrons. The number of hydrogen-bond donors (Lipinski definition) is 2. The molecule has 2 aromatic carbocycles. The van der Waals surface area contributed by atoms with Crippen LogP contribution in [0.2, 0.25) is 0 Å². The fourth-order valence-corrected chi connectivity index (χ4v) is 7.36. The molecule has 0 bridgehead atoms. The van der Waals surface area contributed by atoms with Crippen LogP contribution in [0.25, 0.3) is 0 Å². The number of benzene rings is 2. The number of fused-ring (bicyclic) bond motifs is 1. The van der Waals surface area contributed by atoms with E-state index >= 15 is 0 Å². The molecule has 0 unspecified atom stereocenters.